The van der Waals surface area contributed by atoms with Crippen molar-refractivity contribution in [3.63, 3.8) is 0 Å². The molecule has 0 unspecified atom stereocenters. The van der Waals surface area contributed by atoms with Crippen molar-refractivity contribution in [2.45, 2.75) is 103 Å². The van der Waals surface area contributed by atoms with Crippen LogP contribution < -0.4 is 5.32 Å². The lowest BCUT2D eigenvalue weighted by Gasteiger charge is -2.12. The third kappa shape index (κ3) is 11.6. The Hall–Kier alpha value is -0.960. The van der Waals surface area contributed by atoms with E-state index in [0.29, 0.717) is 5.92 Å². The van der Waals surface area contributed by atoms with Crippen molar-refractivity contribution in [2.24, 2.45) is 5.92 Å². The Balaban J connectivity index is 2.25. The molecule has 0 amide bonds. The van der Waals surface area contributed by atoms with Gasteiger partial charge in [0.15, 0.2) is 0 Å². The fourth-order valence-corrected chi connectivity index (χ4v) is 2.75. The average molecular weight is 332 g/mol. The second-order valence-corrected chi connectivity index (χ2v) is 7.09. The van der Waals surface area contributed by atoms with Crippen molar-refractivity contribution in [1.29, 1.82) is 0 Å². The van der Waals surface area contributed by atoms with Crippen molar-refractivity contribution in [1.82, 2.24) is 5.32 Å². The molecule has 0 aromatic rings. The van der Waals surface area contributed by atoms with E-state index >= 15 is 0 Å². The van der Waals surface area contributed by atoms with E-state index in [1.54, 1.807) is 0 Å². The van der Waals surface area contributed by atoms with E-state index in [4.69, 9.17) is 0 Å². The Kier molecular flexibility index (Phi) is 12.6. The maximum Gasteiger partial charge on any atom is 0.118 e. The van der Waals surface area contributed by atoms with Crippen LogP contribution in [0.25, 0.3) is 0 Å². The summed E-state index contributed by atoms with van der Waals surface area (Å²) in [5.41, 5.74) is 0. The Morgan fingerprint density at radius 1 is 0.875 bits per heavy atom. The molecule has 2 N–H and O–H groups in total. The van der Waals surface area contributed by atoms with Crippen LogP contribution in [0.2, 0.25) is 0 Å². The van der Waals surface area contributed by atoms with Crippen LogP contribution in [0.15, 0.2) is 0 Å². The molecule has 136 valence electrons. The molecule has 1 saturated carbocycles. The summed E-state index contributed by atoms with van der Waals surface area (Å²) in [7, 11) is 0. The highest BCUT2D eigenvalue weighted by Gasteiger charge is 2.28. The summed E-state index contributed by atoms with van der Waals surface area (Å²) in [5, 5.41) is 13.3. The topological polar surface area (TPSA) is 32.3 Å². The normalized spacial score (nSPS) is 15.8. The van der Waals surface area contributed by atoms with Gasteiger partial charge >= 0.3 is 0 Å². The van der Waals surface area contributed by atoms with Gasteiger partial charge in [-0.25, -0.2) is 0 Å². The highest BCUT2D eigenvalue weighted by atomic mass is 16.3. The molecule has 1 rings (SSSR count). The maximum absolute atomic E-state index is 9.73. The number of unbranched alkanes of at least 4 members (excludes halogenated alkanes) is 7. The fourth-order valence-electron chi connectivity index (χ4n) is 2.75. The van der Waals surface area contributed by atoms with E-state index in [1.807, 2.05) is 0 Å². The van der Waals surface area contributed by atoms with Crippen LogP contribution in [0.5, 0.6) is 0 Å². The van der Waals surface area contributed by atoms with Gasteiger partial charge in [0.1, 0.15) is 6.10 Å². The molecule has 1 aliphatic carbocycles. The summed E-state index contributed by atoms with van der Waals surface area (Å²) < 4.78 is 0. The maximum atomic E-state index is 9.73. The summed E-state index contributed by atoms with van der Waals surface area (Å²) in [4.78, 5) is 0. The van der Waals surface area contributed by atoms with Gasteiger partial charge in [-0.2, -0.15) is 0 Å². The van der Waals surface area contributed by atoms with Crippen LogP contribution >= 0.6 is 0 Å². The molecule has 0 aliphatic heterocycles. The largest absolute Gasteiger partial charge is 0.380 e. The van der Waals surface area contributed by atoms with Crippen molar-refractivity contribution < 1.29 is 5.11 Å². The number of hydrogen-bond acceptors (Lipinski definition) is 2. The minimum absolute atomic E-state index is 0.250. The van der Waals surface area contributed by atoms with Crippen molar-refractivity contribution in [3.8, 4) is 23.7 Å². The van der Waals surface area contributed by atoms with Gasteiger partial charge in [-0.15, -0.1) is 0 Å². The first kappa shape index (κ1) is 21.1. The number of nitrogens with one attached hydrogen (secondary N) is 1. The molecular formula is C22H37NO. The quantitative estimate of drug-likeness (QED) is 0.380. The van der Waals surface area contributed by atoms with Crippen LogP contribution in [0.1, 0.15) is 90.9 Å². The van der Waals surface area contributed by atoms with E-state index in [1.165, 1.54) is 57.8 Å². The first-order valence-electron chi connectivity index (χ1n) is 10.2. The third-order valence-electron chi connectivity index (χ3n) is 4.61. The van der Waals surface area contributed by atoms with Crippen molar-refractivity contribution >= 4 is 0 Å². The Morgan fingerprint density at radius 2 is 1.50 bits per heavy atom. The highest BCUT2D eigenvalue weighted by Crippen LogP contribution is 2.32. The standard InChI is InChI=1S/C22H37NO/c1-3-5-7-8-9-10-11-14-21(23-19-6-4-2)15-12-13-16-22(24)20-17-18-20/h20-24H,3-11,14,17-19H2,1-2H3/t21-,22-/m1/s1. The van der Waals surface area contributed by atoms with Gasteiger partial charge in [-0.1, -0.05) is 77.1 Å². The minimum atomic E-state index is -0.464. The molecule has 0 radical (unpaired) electrons. The van der Waals surface area contributed by atoms with E-state index in [0.717, 1.165) is 25.8 Å². The second-order valence-electron chi connectivity index (χ2n) is 7.09. The first-order chi connectivity index (χ1) is 11.8. The average Bonchev–Trinajstić information content (AvgIpc) is 3.42. The monoisotopic (exact) mass is 331 g/mol. The minimum Gasteiger partial charge on any atom is -0.380 e. The molecule has 0 aromatic heterocycles. The molecule has 0 aromatic carbocycles. The van der Waals surface area contributed by atoms with Crippen LogP contribution in [0.3, 0.4) is 0 Å². The van der Waals surface area contributed by atoms with Gasteiger partial charge in [0.05, 0.1) is 6.04 Å². The summed E-state index contributed by atoms with van der Waals surface area (Å²) in [6.07, 6.45) is 14.6. The van der Waals surface area contributed by atoms with Gasteiger partial charge in [-0.3, -0.25) is 0 Å². The van der Waals surface area contributed by atoms with E-state index in [9.17, 15) is 5.11 Å². The van der Waals surface area contributed by atoms with Crippen LogP contribution in [0, 0.1) is 29.6 Å². The second kappa shape index (κ2) is 14.4. The smallest absolute Gasteiger partial charge is 0.118 e. The Labute approximate surface area is 150 Å². The molecular weight excluding hydrogens is 294 g/mol. The fraction of sp³-hybridized carbons (Fsp3) is 0.818. The summed E-state index contributed by atoms with van der Waals surface area (Å²) in [6.45, 7) is 5.51. The third-order valence-corrected chi connectivity index (χ3v) is 4.61. The van der Waals surface area contributed by atoms with Crippen molar-refractivity contribution in [2.75, 3.05) is 6.54 Å². The molecule has 2 heteroatoms. The van der Waals surface area contributed by atoms with Crippen molar-refractivity contribution in [3.05, 3.63) is 0 Å². The van der Waals surface area contributed by atoms with Crippen LogP contribution in [0.4, 0.5) is 0 Å². The molecule has 0 bridgehead atoms. The molecule has 24 heavy (non-hydrogen) atoms. The highest BCUT2D eigenvalue weighted by molar-refractivity contribution is 5.29. The SMILES string of the molecule is CCCCCCCCC[C@H](C#CC#C[C@@H](O)C1CC1)NCCCC. The molecule has 1 fully saturated rings. The van der Waals surface area contributed by atoms with Gasteiger partial charge in [-0.05, 0) is 50.0 Å². The predicted molar refractivity (Wildman–Crippen MR) is 104 cm³/mol. The molecule has 0 heterocycles. The molecule has 0 spiro atoms. The van der Waals surface area contributed by atoms with Gasteiger partial charge in [0, 0.05) is 0 Å². The molecule has 0 saturated heterocycles. The molecule has 1 aliphatic rings. The molecule has 2 atom stereocenters. The molecule has 2 nitrogen and oxygen atoms in total. The number of aliphatic hydroxyl groups is 1. The lowest BCUT2D eigenvalue weighted by atomic mass is 10.0. The first-order valence-corrected chi connectivity index (χ1v) is 10.2. The lowest BCUT2D eigenvalue weighted by Crippen LogP contribution is -2.28. The number of hydrogen-bond donors (Lipinski definition) is 2. The zero-order valence-electron chi connectivity index (χ0n) is 15.9. The number of aliphatic hydroxyl groups excluding tert-OH is 1. The van der Waals surface area contributed by atoms with E-state index < -0.39 is 6.10 Å². The van der Waals surface area contributed by atoms with Gasteiger partial charge < -0.3 is 10.4 Å². The Bertz CT molecular complexity index is 419. The van der Waals surface area contributed by atoms with E-state index in [-0.39, 0.29) is 6.04 Å². The summed E-state index contributed by atoms with van der Waals surface area (Å²) >= 11 is 0. The van der Waals surface area contributed by atoms with E-state index in [2.05, 4.69) is 42.8 Å². The van der Waals surface area contributed by atoms with Gasteiger partial charge in [0.2, 0.25) is 0 Å². The zero-order chi connectivity index (χ0) is 17.5. The van der Waals surface area contributed by atoms with Crippen LogP contribution in [-0.4, -0.2) is 23.8 Å². The predicted octanol–water partition coefficient (Wildman–Crippen LogP) is 4.66. The van der Waals surface area contributed by atoms with Gasteiger partial charge in [0.25, 0.3) is 0 Å². The Morgan fingerprint density at radius 3 is 2.17 bits per heavy atom. The summed E-state index contributed by atoms with van der Waals surface area (Å²) in [6, 6.07) is 0.250. The summed E-state index contributed by atoms with van der Waals surface area (Å²) in [5.74, 6) is 12.3. The zero-order valence-corrected chi connectivity index (χ0v) is 15.9. The lowest BCUT2D eigenvalue weighted by molar-refractivity contribution is 0.209. The number of rotatable bonds is 13. The van der Waals surface area contributed by atoms with Crippen LogP contribution in [-0.2, 0) is 0 Å².